The molecule has 0 spiro atoms. The average molecular weight is 205 g/mol. The van der Waals surface area contributed by atoms with Crippen molar-refractivity contribution in [1.82, 2.24) is 0 Å². The van der Waals surface area contributed by atoms with E-state index in [4.69, 9.17) is 11.6 Å². The molecule has 2 saturated carbocycles. The van der Waals surface area contributed by atoms with Crippen LogP contribution in [0, 0.1) is 23.2 Å². The zero-order valence-electron chi connectivity index (χ0n) is 8.56. The summed E-state index contributed by atoms with van der Waals surface area (Å²) < 4.78 is 13.7. The summed E-state index contributed by atoms with van der Waals surface area (Å²) in [6.45, 7) is 6.61. The van der Waals surface area contributed by atoms with Gasteiger partial charge in [-0.1, -0.05) is 20.8 Å². The molecule has 0 aromatic rings. The normalized spacial score (nSPS) is 53.8. The van der Waals surface area contributed by atoms with Crippen LogP contribution in [0.15, 0.2) is 0 Å². The van der Waals surface area contributed by atoms with Gasteiger partial charge in [0.25, 0.3) is 0 Å². The van der Waals surface area contributed by atoms with Crippen molar-refractivity contribution >= 4 is 11.6 Å². The van der Waals surface area contributed by atoms with Crippen molar-refractivity contribution in [3.63, 3.8) is 0 Å². The summed E-state index contributed by atoms with van der Waals surface area (Å²) in [5, 5.41) is -0.214. The summed E-state index contributed by atoms with van der Waals surface area (Å²) in [6, 6.07) is 0. The van der Waals surface area contributed by atoms with Gasteiger partial charge in [0.15, 0.2) is 0 Å². The van der Waals surface area contributed by atoms with Crippen molar-refractivity contribution in [3.05, 3.63) is 0 Å². The van der Waals surface area contributed by atoms with Crippen molar-refractivity contribution in [2.75, 3.05) is 0 Å². The molecule has 0 radical (unpaired) electrons. The second-order valence-corrected chi connectivity index (χ2v) is 6.01. The van der Waals surface area contributed by atoms with Crippen LogP contribution in [0.3, 0.4) is 0 Å². The first-order chi connectivity index (χ1) is 5.93. The number of fused-ring (bicyclic) bond motifs is 1. The molecule has 2 fully saturated rings. The molecule has 0 saturated heterocycles. The van der Waals surface area contributed by atoms with Crippen molar-refractivity contribution in [3.8, 4) is 0 Å². The van der Waals surface area contributed by atoms with Crippen LogP contribution in [0.4, 0.5) is 4.39 Å². The molecule has 0 aromatic heterocycles. The molecule has 0 aliphatic heterocycles. The first-order valence-corrected chi connectivity index (χ1v) is 5.65. The molecule has 0 bridgehead atoms. The van der Waals surface area contributed by atoms with Gasteiger partial charge < -0.3 is 0 Å². The average Bonchev–Trinajstić information content (AvgIpc) is 2.78. The molecule has 2 aliphatic carbocycles. The highest BCUT2D eigenvalue weighted by Crippen LogP contribution is 2.58. The van der Waals surface area contributed by atoms with E-state index in [2.05, 4.69) is 20.8 Å². The third-order valence-corrected chi connectivity index (χ3v) is 4.84. The lowest BCUT2D eigenvalue weighted by molar-refractivity contribution is 0.149. The molecular formula is C11H18ClF. The van der Waals surface area contributed by atoms with E-state index in [0.717, 1.165) is 6.42 Å². The topological polar surface area (TPSA) is 0 Å². The number of rotatable bonds is 0. The molecule has 5 atom stereocenters. The molecule has 0 amide bonds. The molecule has 2 heteroatoms. The Labute approximate surface area is 84.8 Å². The third kappa shape index (κ3) is 1.49. The Morgan fingerprint density at radius 1 is 1.31 bits per heavy atom. The standard InChI is InChI=1S/C11H18ClF/c1-6-7-4-8(7)10(12)9(13)5-11(6,2)3/h6-10H,4-5H2,1-3H3/t6?,7?,8?,9?,10-/m0/s1. The Balaban J connectivity index is 2.20. The molecule has 0 aromatic carbocycles. The van der Waals surface area contributed by atoms with Crippen LogP contribution in [0.2, 0.25) is 0 Å². The lowest BCUT2D eigenvalue weighted by atomic mass is 9.75. The zero-order valence-corrected chi connectivity index (χ0v) is 9.31. The van der Waals surface area contributed by atoms with Gasteiger partial charge in [-0.25, -0.2) is 4.39 Å². The highest BCUT2D eigenvalue weighted by Gasteiger charge is 2.55. The largest absolute Gasteiger partial charge is 0.246 e. The second kappa shape index (κ2) is 2.85. The van der Waals surface area contributed by atoms with E-state index >= 15 is 0 Å². The van der Waals surface area contributed by atoms with Crippen molar-refractivity contribution in [1.29, 1.82) is 0 Å². The van der Waals surface area contributed by atoms with Gasteiger partial charge in [0.1, 0.15) is 6.17 Å². The first-order valence-electron chi connectivity index (χ1n) is 5.21. The van der Waals surface area contributed by atoms with Crippen molar-refractivity contribution in [2.24, 2.45) is 23.2 Å². The number of hydrogen-bond donors (Lipinski definition) is 0. The van der Waals surface area contributed by atoms with Crippen molar-refractivity contribution < 1.29 is 4.39 Å². The Morgan fingerprint density at radius 3 is 2.54 bits per heavy atom. The summed E-state index contributed by atoms with van der Waals surface area (Å²) in [6.07, 6.45) is 0.991. The highest BCUT2D eigenvalue weighted by molar-refractivity contribution is 6.21. The Morgan fingerprint density at radius 2 is 1.92 bits per heavy atom. The summed E-state index contributed by atoms with van der Waals surface area (Å²) in [5.41, 5.74) is 0.127. The minimum absolute atomic E-state index is 0.127. The second-order valence-electron chi connectivity index (χ2n) is 5.51. The SMILES string of the molecule is CC1C2CC2[C@H](Cl)C(F)CC1(C)C. The molecule has 0 nitrogen and oxygen atoms in total. The molecule has 13 heavy (non-hydrogen) atoms. The van der Waals surface area contributed by atoms with Crippen LogP contribution in [0.1, 0.15) is 33.6 Å². The molecule has 4 unspecified atom stereocenters. The molecule has 0 N–H and O–H groups in total. The van der Waals surface area contributed by atoms with Gasteiger partial charge in [-0.2, -0.15) is 0 Å². The fourth-order valence-corrected chi connectivity index (χ4v) is 3.20. The summed E-state index contributed by atoms with van der Waals surface area (Å²) >= 11 is 6.08. The van der Waals surface area contributed by atoms with E-state index in [9.17, 15) is 4.39 Å². The zero-order chi connectivity index (χ0) is 9.80. The molecule has 2 aliphatic rings. The minimum atomic E-state index is -0.795. The van der Waals surface area contributed by atoms with E-state index < -0.39 is 6.17 Å². The number of alkyl halides is 2. The lowest BCUT2D eigenvalue weighted by Crippen LogP contribution is -2.27. The Kier molecular flexibility index (Phi) is 2.14. The van der Waals surface area contributed by atoms with E-state index in [1.165, 1.54) is 0 Å². The summed E-state index contributed by atoms with van der Waals surface area (Å²) in [5.74, 6) is 1.78. The van der Waals surface area contributed by atoms with Gasteiger partial charge in [0.05, 0.1) is 5.38 Å². The van der Waals surface area contributed by atoms with E-state index in [-0.39, 0.29) is 10.8 Å². The first kappa shape index (κ1) is 9.76. The predicted octanol–water partition coefficient (Wildman–Crippen LogP) is 3.63. The van der Waals surface area contributed by atoms with E-state index in [1.807, 2.05) is 0 Å². The monoisotopic (exact) mass is 204 g/mol. The molecular weight excluding hydrogens is 187 g/mol. The minimum Gasteiger partial charge on any atom is -0.246 e. The van der Waals surface area contributed by atoms with Gasteiger partial charge in [0, 0.05) is 0 Å². The maximum absolute atomic E-state index is 13.7. The lowest BCUT2D eigenvalue weighted by Gasteiger charge is -2.31. The van der Waals surface area contributed by atoms with Crippen molar-refractivity contribution in [2.45, 2.75) is 45.2 Å². The van der Waals surface area contributed by atoms with Crippen LogP contribution in [0.25, 0.3) is 0 Å². The van der Waals surface area contributed by atoms with Gasteiger partial charge in [-0.15, -0.1) is 11.6 Å². The highest BCUT2D eigenvalue weighted by atomic mass is 35.5. The molecule has 0 heterocycles. The van der Waals surface area contributed by atoms with E-state index in [1.54, 1.807) is 0 Å². The van der Waals surface area contributed by atoms with Crippen LogP contribution < -0.4 is 0 Å². The fourth-order valence-electron chi connectivity index (χ4n) is 2.83. The predicted molar refractivity (Wildman–Crippen MR) is 53.7 cm³/mol. The number of hydrogen-bond acceptors (Lipinski definition) is 0. The van der Waals surface area contributed by atoms with Crippen LogP contribution in [-0.4, -0.2) is 11.5 Å². The van der Waals surface area contributed by atoms with Crippen LogP contribution in [0.5, 0.6) is 0 Å². The molecule has 76 valence electrons. The van der Waals surface area contributed by atoms with E-state index in [0.29, 0.717) is 24.2 Å². The maximum atomic E-state index is 13.7. The smallest absolute Gasteiger partial charge is 0.117 e. The quantitative estimate of drug-likeness (QED) is 0.529. The third-order valence-electron chi connectivity index (χ3n) is 4.24. The maximum Gasteiger partial charge on any atom is 0.117 e. The fraction of sp³-hybridized carbons (Fsp3) is 1.00. The Bertz CT molecular complexity index is 214. The summed E-state index contributed by atoms with van der Waals surface area (Å²) in [7, 11) is 0. The van der Waals surface area contributed by atoms with Gasteiger partial charge in [0.2, 0.25) is 0 Å². The number of halogens is 2. The van der Waals surface area contributed by atoms with Crippen LogP contribution >= 0.6 is 11.6 Å². The summed E-state index contributed by atoms with van der Waals surface area (Å²) in [4.78, 5) is 0. The molecule has 2 rings (SSSR count). The van der Waals surface area contributed by atoms with Gasteiger partial charge in [-0.05, 0) is 36.0 Å². The van der Waals surface area contributed by atoms with Crippen LogP contribution in [-0.2, 0) is 0 Å². The Hall–Kier alpha value is 0.220. The van der Waals surface area contributed by atoms with Gasteiger partial charge in [-0.3, -0.25) is 0 Å². The van der Waals surface area contributed by atoms with Gasteiger partial charge >= 0.3 is 0 Å².